The van der Waals surface area contributed by atoms with Gasteiger partial charge in [-0.1, -0.05) is 212 Å². The summed E-state index contributed by atoms with van der Waals surface area (Å²) in [6, 6.07) is 95.0. The van der Waals surface area contributed by atoms with Gasteiger partial charge in [0.1, 0.15) is 11.2 Å². The summed E-state index contributed by atoms with van der Waals surface area (Å²) in [5.74, 6) is 0. The number of hydrogen-bond acceptors (Lipinski definition) is 2. The van der Waals surface area contributed by atoms with Crippen LogP contribution in [0.3, 0.4) is 0 Å². The summed E-state index contributed by atoms with van der Waals surface area (Å²) in [5.41, 5.74) is 14.0. The van der Waals surface area contributed by atoms with Crippen LogP contribution in [-0.2, 0) is 0 Å². The normalized spacial score (nSPS) is 11.7. The number of rotatable bonds is 7. The van der Waals surface area contributed by atoms with Crippen molar-refractivity contribution >= 4 is 92.9 Å². The molecule has 14 rings (SSSR count). The van der Waals surface area contributed by atoms with Gasteiger partial charge in [0, 0.05) is 22.2 Å². The highest BCUT2D eigenvalue weighted by atomic mass is 16.3. The van der Waals surface area contributed by atoms with E-state index in [-0.39, 0.29) is 0 Å². The minimum absolute atomic E-state index is 0.851. The predicted molar refractivity (Wildman–Crippen MR) is 298 cm³/mol. The van der Waals surface area contributed by atoms with E-state index >= 15 is 0 Å². The topological polar surface area (TPSA) is 16.4 Å². The van der Waals surface area contributed by atoms with Crippen LogP contribution in [0, 0.1) is 0 Å². The number of anilines is 3. The zero-order valence-corrected chi connectivity index (χ0v) is 38.2. The summed E-state index contributed by atoms with van der Waals surface area (Å²) < 4.78 is 7.13. The van der Waals surface area contributed by atoms with Crippen LogP contribution in [-0.4, -0.2) is 0 Å². The van der Waals surface area contributed by atoms with Crippen molar-refractivity contribution in [1.82, 2.24) is 0 Å². The van der Waals surface area contributed by atoms with Crippen LogP contribution in [0.1, 0.15) is 0 Å². The highest BCUT2D eigenvalue weighted by molar-refractivity contribution is 6.26. The summed E-state index contributed by atoms with van der Waals surface area (Å²) in [7, 11) is 0. The van der Waals surface area contributed by atoms with E-state index in [4.69, 9.17) is 4.42 Å². The van der Waals surface area contributed by atoms with Gasteiger partial charge in [0.05, 0.1) is 16.8 Å². The van der Waals surface area contributed by atoms with Crippen molar-refractivity contribution in [3.8, 4) is 44.5 Å². The molecule has 0 fully saturated rings. The lowest BCUT2D eigenvalue weighted by Crippen LogP contribution is -2.12. The Morgan fingerprint density at radius 1 is 0.257 bits per heavy atom. The summed E-state index contributed by atoms with van der Waals surface area (Å²) in [6.07, 6.45) is 0. The monoisotopic (exact) mass is 889 g/mol. The Hall–Kier alpha value is -9.24. The molecule has 2 heteroatoms. The second-order valence-electron chi connectivity index (χ2n) is 18.3. The molecule has 14 aromatic rings. The van der Waals surface area contributed by atoms with E-state index in [0.717, 1.165) is 72.4 Å². The van der Waals surface area contributed by atoms with E-state index < -0.39 is 0 Å². The molecule has 1 aromatic heterocycles. The molecule has 1 heterocycles. The summed E-state index contributed by atoms with van der Waals surface area (Å²) in [5, 5.41) is 14.6. The van der Waals surface area contributed by atoms with Crippen molar-refractivity contribution in [1.29, 1.82) is 0 Å². The van der Waals surface area contributed by atoms with E-state index in [2.05, 4.69) is 266 Å². The third-order valence-corrected chi connectivity index (χ3v) is 14.4. The van der Waals surface area contributed by atoms with Crippen molar-refractivity contribution in [2.45, 2.75) is 0 Å². The molecule has 0 aliphatic rings. The van der Waals surface area contributed by atoms with Gasteiger partial charge in [-0.3, -0.25) is 0 Å². The lowest BCUT2D eigenvalue weighted by molar-refractivity contribution is 0.670. The van der Waals surface area contributed by atoms with Crippen LogP contribution in [0.5, 0.6) is 0 Å². The maximum atomic E-state index is 7.13. The first-order valence-corrected chi connectivity index (χ1v) is 24.1. The number of hydrogen-bond donors (Lipinski definition) is 0. The van der Waals surface area contributed by atoms with E-state index in [0.29, 0.717) is 0 Å². The second-order valence-corrected chi connectivity index (χ2v) is 18.3. The Bertz CT molecular complexity index is 4340. The SMILES string of the molecule is c1ccc(-c2ccccc2-c2ccccc2N(c2cccc(-c3ccc4c5ccccc5c5ccccc5c4c3)c2)c2ccc(-c3cc4ccccc4c4ccccc34)c3oc4ccccc4c23)cc1. The maximum absolute atomic E-state index is 7.13. The zero-order chi connectivity index (χ0) is 46.1. The first kappa shape index (κ1) is 39.9. The zero-order valence-electron chi connectivity index (χ0n) is 38.2. The highest BCUT2D eigenvalue weighted by Crippen LogP contribution is 2.51. The first-order chi connectivity index (χ1) is 34.7. The maximum Gasteiger partial charge on any atom is 0.145 e. The summed E-state index contributed by atoms with van der Waals surface area (Å²) in [4.78, 5) is 2.47. The van der Waals surface area contributed by atoms with E-state index in [1.54, 1.807) is 0 Å². The quantitative estimate of drug-likeness (QED) is 0.148. The van der Waals surface area contributed by atoms with Gasteiger partial charge >= 0.3 is 0 Å². The van der Waals surface area contributed by atoms with Gasteiger partial charge in [-0.25, -0.2) is 0 Å². The Labute approximate surface area is 405 Å². The van der Waals surface area contributed by atoms with Crippen LogP contribution in [0.2, 0.25) is 0 Å². The van der Waals surface area contributed by atoms with Crippen molar-refractivity contribution in [2.75, 3.05) is 4.90 Å². The van der Waals surface area contributed by atoms with Gasteiger partial charge in [-0.2, -0.15) is 0 Å². The molecule has 0 aliphatic heterocycles. The largest absolute Gasteiger partial charge is 0.455 e. The van der Waals surface area contributed by atoms with Crippen LogP contribution in [0.15, 0.2) is 265 Å². The van der Waals surface area contributed by atoms with Crippen molar-refractivity contribution < 1.29 is 4.42 Å². The molecule has 13 aromatic carbocycles. The lowest BCUT2D eigenvalue weighted by atomic mass is 9.91. The van der Waals surface area contributed by atoms with Crippen LogP contribution >= 0.6 is 0 Å². The number of nitrogens with zero attached hydrogens (tertiary/aromatic N) is 1. The molecule has 0 saturated carbocycles. The molecule has 0 N–H and O–H groups in total. The third-order valence-electron chi connectivity index (χ3n) is 14.4. The van der Waals surface area contributed by atoms with Gasteiger partial charge in [0.15, 0.2) is 0 Å². The summed E-state index contributed by atoms with van der Waals surface area (Å²) in [6.45, 7) is 0. The molecule has 0 spiro atoms. The summed E-state index contributed by atoms with van der Waals surface area (Å²) >= 11 is 0. The fourth-order valence-corrected chi connectivity index (χ4v) is 11.3. The Kier molecular flexibility index (Phi) is 9.25. The predicted octanol–water partition coefficient (Wildman–Crippen LogP) is 19.5. The number of fused-ring (bicyclic) bond motifs is 12. The molecular formula is C68H43NO. The van der Waals surface area contributed by atoms with Crippen LogP contribution in [0.4, 0.5) is 17.1 Å². The second kappa shape index (κ2) is 16.2. The lowest BCUT2D eigenvalue weighted by Gasteiger charge is -2.30. The molecule has 70 heavy (non-hydrogen) atoms. The van der Waals surface area contributed by atoms with Gasteiger partial charge in [-0.05, 0) is 136 Å². The van der Waals surface area contributed by atoms with Gasteiger partial charge in [0.2, 0.25) is 0 Å². The molecular weight excluding hydrogens is 847 g/mol. The van der Waals surface area contributed by atoms with E-state index in [9.17, 15) is 0 Å². The number of benzene rings is 13. The Morgan fingerprint density at radius 2 is 0.800 bits per heavy atom. The molecule has 326 valence electrons. The molecule has 0 aliphatic carbocycles. The highest BCUT2D eigenvalue weighted by Gasteiger charge is 2.26. The van der Waals surface area contributed by atoms with Crippen LogP contribution in [0.25, 0.3) is 120 Å². The first-order valence-electron chi connectivity index (χ1n) is 24.1. The van der Waals surface area contributed by atoms with Crippen molar-refractivity contribution in [2.24, 2.45) is 0 Å². The molecule has 0 saturated heterocycles. The number of para-hydroxylation sites is 2. The molecule has 0 unspecified atom stereocenters. The minimum atomic E-state index is 0.851. The molecule has 0 atom stereocenters. The standard InChI is InChI=1S/C68H43NO/c1-2-19-44(20-3-1)49-24-6-7-27-52(49)59-33-14-16-35-64(59)69(48-23-18-22-45(41-48)46-37-38-58-55-30-10-9-28-53(55)54-29-11-13-32-57(54)62(58)42-46)65-40-39-60(68-67(65)61-34-15-17-36-66(61)70-68)63-43-47-21-4-5-25-50(47)51-26-8-12-31-56(51)63/h1-43H. The smallest absolute Gasteiger partial charge is 0.145 e. The van der Waals surface area contributed by atoms with E-state index in [1.807, 2.05) is 0 Å². The Morgan fingerprint density at radius 3 is 1.56 bits per heavy atom. The van der Waals surface area contributed by atoms with Gasteiger partial charge < -0.3 is 9.32 Å². The molecule has 0 radical (unpaired) electrons. The fraction of sp³-hybridized carbons (Fsp3) is 0. The average Bonchev–Trinajstić information content (AvgIpc) is 3.84. The molecule has 2 nitrogen and oxygen atoms in total. The van der Waals surface area contributed by atoms with Gasteiger partial charge in [-0.15, -0.1) is 0 Å². The van der Waals surface area contributed by atoms with Crippen molar-refractivity contribution in [3.05, 3.63) is 261 Å². The Balaban J connectivity index is 1.04. The molecule has 0 bridgehead atoms. The minimum Gasteiger partial charge on any atom is -0.455 e. The van der Waals surface area contributed by atoms with E-state index in [1.165, 1.54) is 65.0 Å². The third kappa shape index (κ3) is 6.35. The average molecular weight is 890 g/mol. The van der Waals surface area contributed by atoms with Gasteiger partial charge in [0.25, 0.3) is 0 Å². The fourth-order valence-electron chi connectivity index (χ4n) is 11.3. The molecule has 0 amide bonds. The van der Waals surface area contributed by atoms with Crippen LogP contribution < -0.4 is 4.90 Å². The number of furan rings is 1. The van der Waals surface area contributed by atoms with Crippen molar-refractivity contribution in [3.63, 3.8) is 0 Å².